The first-order chi connectivity index (χ1) is 8.77. The Morgan fingerprint density at radius 2 is 1.79 bits per heavy atom. The first-order valence-electron chi connectivity index (χ1n) is 6.28. The Kier molecular flexibility index (Phi) is 3.55. The fraction of sp³-hybridized carbons (Fsp3) is 0.312. The molecule has 0 aliphatic rings. The smallest absolute Gasteiger partial charge is 0.255 e. The molecule has 0 unspecified atom stereocenters. The zero-order valence-electron chi connectivity index (χ0n) is 11.7. The summed E-state index contributed by atoms with van der Waals surface area (Å²) in [6.45, 7) is 8.52. The van der Waals surface area contributed by atoms with Gasteiger partial charge < -0.3 is 4.98 Å². The standard InChI is InChI=1S/C16H18ClNO/c1-10-5-11(7-12(6-10)16(2,3)4)14-8-13(17)9-18-15(14)19/h5-9H,1-4H3,(H,18,19). The third kappa shape index (κ3) is 3.07. The average molecular weight is 276 g/mol. The van der Waals surface area contributed by atoms with E-state index in [1.165, 1.54) is 11.8 Å². The van der Waals surface area contributed by atoms with Gasteiger partial charge in [0.05, 0.1) is 5.02 Å². The minimum atomic E-state index is -0.116. The van der Waals surface area contributed by atoms with E-state index in [4.69, 9.17) is 11.6 Å². The molecule has 0 saturated heterocycles. The first-order valence-corrected chi connectivity index (χ1v) is 6.66. The first kappa shape index (κ1) is 13.9. The molecule has 1 aromatic carbocycles. The van der Waals surface area contributed by atoms with E-state index >= 15 is 0 Å². The van der Waals surface area contributed by atoms with E-state index in [2.05, 4.69) is 37.9 Å². The van der Waals surface area contributed by atoms with Crippen LogP contribution >= 0.6 is 11.6 Å². The molecule has 2 aromatic rings. The third-order valence-electron chi connectivity index (χ3n) is 3.12. The van der Waals surface area contributed by atoms with E-state index in [0.29, 0.717) is 10.6 Å². The highest BCUT2D eigenvalue weighted by Crippen LogP contribution is 2.28. The number of hydrogen-bond acceptors (Lipinski definition) is 1. The van der Waals surface area contributed by atoms with Crippen molar-refractivity contribution in [1.82, 2.24) is 4.98 Å². The molecule has 3 heteroatoms. The van der Waals surface area contributed by atoms with Crippen molar-refractivity contribution in [2.45, 2.75) is 33.1 Å². The van der Waals surface area contributed by atoms with Crippen molar-refractivity contribution < 1.29 is 0 Å². The molecule has 0 amide bonds. The predicted molar refractivity (Wildman–Crippen MR) is 80.9 cm³/mol. The molecule has 1 aromatic heterocycles. The SMILES string of the molecule is Cc1cc(-c2cc(Cl)c[nH]c2=O)cc(C(C)(C)C)c1. The van der Waals surface area contributed by atoms with Crippen LogP contribution in [0.4, 0.5) is 0 Å². The van der Waals surface area contributed by atoms with E-state index in [1.807, 2.05) is 13.0 Å². The molecule has 0 saturated carbocycles. The number of hydrogen-bond donors (Lipinski definition) is 1. The van der Waals surface area contributed by atoms with E-state index in [0.717, 1.165) is 11.1 Å². The Bertz CT molecular complexity index is 665. The van der Waals surface area contributed by atoms with Crippen LogP contribution in [0.2, 0.25) is 5.02 Å². The maximum atomic E-state index is 11.9. The molecule has 0 aliphatic heterocycles. The summed E-state index contributed by atoms with van der Waals surface area (Å²) >= 11 is 5.97. The van der Waals surface area contributed by atoms with Crippen LogP contribution in [0.15, 0.2) is 35.3 Å². The quantitative estimate of drug-likeness (QED) is 0.827. The summed E-state index contributed by atoms with van der Waals surface area (Å²) in [5.74, 6) is 0. The summed E-state index contributed by atoms with van der Waals surface area (Å²) in [6.07, 6.45) is 1.51. The van der Waals surface area contributed by atoms with Gasteiger partial charge in [0.25, 0.3) is 5.56 Å². The van der Waals surface area contributed by atoms with E-state index in [-0.39, 0.29) is 11.0 Å². The highest BCUT2D eigenvalue weighted by molar-refractivity contribution is 6.30. The Morgan fingerprint density at radius 1 is 1.11 bits per heavy atom. The number of aromatic nitrogens is 1. The van der Waals surface area contributed by atoms with Crippen LogP contribution in [-0.4, -0.2) is 4.98 Å². The number of aryl methyl sites for hydroxylation is 1. The molecule has 19 heavy (non-hydrogen) atoms. The fourth-order valence-corrected chi connectivity index (χ4v) is 2.21. The summed E-state index contributed by atoms with van der Waals surface area (Å²) in [5.41, 5.74) is 3.81. The number of benzene rings is 1. The van der Waals surface area contributed by atoms with Crippen LogP contribution in [0, 0.1) is 6.92 Å². The Labute approximate surface area is 118 Å². The number of H-pyrrole nitrogens is 1. The lowest BCUT2D eigenvalue weighted by Crippen LogP contribution is -2.13. The second-order valence-electron chi connectivity index (χ2n) is 5.90. The average Bonchev–Trinajstić information content (AvgIpc) is 2.30. The molecule has 2 nitrogen and oxygen atoms in total. The van der Waals surface area contributed by atoms with Crippen LogP contribution in [0.3, 0.4) is 0 Å². The van der Waals surface area contributed by atoms with Crippen LogP contribution in [0.5, 0.6) is 0 Å². The maximum absolute atomic E-state index is 11.9. The van der Waals surface area contributed by atoms with Gasteiger partial charge in [-0.15, -0.1) is 0 Å². The van der Waals surface area contributed by atoms with Gasteiger partial charge in [0.1, 0.15) is 0 Å². The van der Waals surface area contributed by atoms with Crippen molar-refractivity contribution in [3.05, 3.63) is 57.0 Å². The van der Waals surface area contributed by atoms with E-state index in [9.17, 15) is 4.79 Å². The van der Waals surface area contributed by atoms with Crippen LogP contribution in [-0.2, 0) is 5.41 Å². The lowest BCUT2D eigenvalue weighted by molar-refractivity contribution is 0.590. The Balaban J connectivity index is 2.66. The van der Waals surface area contributed by atoms with Crippen LogP contribution in [0.1, 0.15) is 31.9 Å². The minimum Gasteiger partial charge on any atom is -0.327 e. The summed E-state index contributed by atoms with van der Waals surface area (Å²) in [5, 5.41) is 0.536. The number of aromatic amines is 1. The molecule has 0 fully saturated rings. The summed E-state index contributed by atoms with van der Waals surface area (Å²) < 4.78 is 0. The van der Waals surface area contributed by atoms with E-state index in [1.54, 1.807) is 6.07 Å². The largest absolute Gasteiger partial charge is 0.327 e. The van der Waals surface area contributed by atoms with Gasteiger partial charge in [0.15, 0.2) is 0 Å². The van der Waals surface area contributed by atoms with Crippen molar-refractivity contribution in [2.24, 2.45) is 0 Å². The molecule has 0 aliphatic carbocycles. The fourth-order valence-electron chi connectivity index (χ4n) is 2.04. The summed E-state index contributed by atoms with van der Waals surface area (Å²) in [4.78, 5) is 14.6. The van der Waals surface area contributed by atoms with Gasteiger partial charge in [-0.2, -0.15) is 0 Å². The predicted octanol–water partition coefficient (Wildman–Crippen LogP) is 4.30. The molecule has 100 valence electrons. The van der Waals surface area contributed by atoms with Gasteiger partial charge in [-0.05, 0) is 29.5 Å². The van der Waals surface area contributed by atoms with Crippen molar-refractivity contribution in [3.8, 4) is 11.1 Å². The van der Waals surface area contributed by atoms with Crippen LogP contribution in [0.25, 0.3) is 11.1 Å². The number of nitrogens with one attached hydrogen (secondary N) is 1. The van der Waals surface area contributed by atoms with Gasteiger partial charge in [-0.3, -0.25) is 4.79 Å². The summed E-state index contributed by atoms with van der Waals surface area (Å²) in [6, 6.07) is 7.94. The number of pyridine rings is 1. The van der Waals surface area contributed by atoms with Gasteiger partial charge in [-0.1, -0.05) is 56.1 Å². The molecule has 0 radical (unpaired) electrons. The normalized spacial score (nSPS) is 11.6. The molecular formula is C16H18ClNO. The molecular weight excluding hydrogens is 258 g/mol. The van der Waals surface area contributed by atoms with Gasteiger partial charge >= 0.3 is 0 Å². The number of rotatable bonds is 1. The Morgan fingerprint density at radius 3 is 2.42 bits per heavy atom. The summed E-state index contributed by atoms with van der Waals surface area (Å²) in [7, 11) is 0. The second kappa shape index (κ2) is 4.86. The highest BCUT2D eigenvalue weighted by Gasteiger charge is 2.16. The molecule has 0 spiro atoms. The monoisotopic (exact) mass is 275 g/mol. The zero-order chi connectivity index (χ0) is 14.2. The zero-order valence-corrected chi connectivity index (χ0v) is 12.4. The highest BCUT2D eigenvalue weighted by atomic mass is 35.5. The van der Waals surface area contributed by atoms with Crippen LogP contribution < -0.4 is 5.56 Å². The lowest BCUT2D eigenvalue weighted by Gasteiger charge is -2.20. The molecule has 2 rings (SSSR count). The van der Waals surface area contributed by atoms with Crippen molar-refractivity contribution >= 4 is 11.6 Å². The minimum absolute atomic E-state index is 0.0477. The van der Waals surface area contributed by atoms with Crippen molar-refractivity contribution in [2.75, 3.05) is 0 Å². The molecule has 1 heterocycles. The van der Waals surface area contributed by atoms with Gasteiger partial charge in [-0.25, -0.2) is 0 Å². The lowest BCUT2D eigenvalue weighted by atomic mass is 9.84. The van der Waals surface area contributed by atoms with Crippen molar-refractivity contribution in [3.63, 3.8) is 0 Å². The molecule has 0 bridgehead atoms. The second-order valence-corrected chi connectivity index (χ2v) is 6.33. The maximum Gasteiger partial charge on any atom is 0.255 e. The molecule has 1 N–H and O–H groups in total. The van der Waals surface area contributed by atoms with Crippen molar-refractivity contribution in [1.29, 1.82) is 0 Å². The molecule has 0 atom stereocenters. The topological polar surface area (TPSA) is 32.9 Å². The van der Waals surface area contributed by atoms with E-state index < -0.39 is 0 Å². The number of halogens is 1. The van der Waals surface area contributed by atoms with Gasteiger partial charge in [0.2, 0.25) is 0 Å². The third-order valence-corrected chi connectivity index (χ3v) is 3.34. The van der Waals surface area contributed by atoms with Gasteiger partial charge in [0, 0.05) is 11.8 Å². The Hall–Kier alpha value is -1.54.